The Labute approximate surface area is 233 Å². The van der Waals surface area contributed by atoms with Crippen molar-refractivity contribution in [3.05, 3.63) is 59.6 Å². The summed E-state index contributed by atoms with van der Waals surface area (Å²) in [7, 11) is 1.57. The number of ether oxygens (including phenoxy) is 2. The van der Waals surface area contributed by atoms with Crippen molar-refractivity contribution in [2.45, 2.75) is 71.3 Å². The summed E-state index contributed by atoms with van der Waals surface area (Å²) in [6.45, 7) is 10.0. The second kappa shape index (κ2) is 11.5. The van der Waals surface area contributed by atoms with Gasteiger partial charge in [-0.25, -0.2) is 8.91 Å². The van der Waals surface area contributed by atoms with E-state index in [9.17, 15) is 9.50 Å². The van der Waals surface area contributed by atoms with Crippen LogP contribution in [0.15, 0.2) is 36.8 Å². The Morgan fingerprint density at radius 3 is 2.65 bits per heavy atom. The number of pyridine rings is 2. The summed E-state index contributed by atoms with van der Waals surface area (Å²) in [5.74, 6) is 0.510. The summed E-state index contributed by atoms with van der Waals surface area (Å²) in [5.41, 5.74) is 11.0. The second-order valence-electron chi connectivity index (χ2n) is 10.7. The predicted molar refractivity (Wildman–Crippen MR) is 150 cm³/mol. The number of nitrogens with two attached hydrogens (primary N) is 1. The molecule has 0 bridgehead atoms. The molecule has 11 heteroatoms. The molecule has 5 heterocycles. The number of fused-ring (bicyclic) bond motifs is 2. The molecule has 1 aliphatic rings. The van der Waals surface area contributed by atoms with Crippen molar-refractivity contribution in [2.75, 3.05) is 20.3 Å². The molecule has 4 unspecified atom stereocenters. The molecular formula is C29H38FN7O3. The van der Waals surface area contributed by atoms with E-state index in [1.165, 1.54) is 17.8 Å². The predicted octanol–water partition coefficient (Wildman–Crippen LogP) is 4.05. The van der Waals surface area contributed by atoms with Gasteiger partial charge < -0.3 is 20.3 Å². The fraction of sp³-hybridized carbons (Fsp3) is 0.483. The number of methoxy groups -OCH3 is 1. The van der Waals surface area contributed by atoms with Gasteiger partial charge in [0.15, 0.2) is 23.1 Å². The monoisotopic (exact) mass is 551 g/mol. The molecule has 4 aromatic rings. The molecule has 0 aromatic carbocycles. The van der Waals surface area contributed by atoms with Crippen LogP contribution in [0.3, 0.4) is 0 Å². The van der Waals surface area contributed by atoms with Gasteiger partial charge >= 0.3 is 0 Å². The third-order valence-corrected chi connectivity index (χ3v) is 7.86. The first kappa shape index (κ1) is 28.0. The van der Waals surface area contributed by atoms with E-state index in [0.29, 0.717) is 28.8 Å². The van der Waals surface area contributed by atoms with E-state index in [0.717, 1.165) is 48.9 Å². The van der Waals surface area contributed by atoms with Gasteiger partial charge in [-0.05, 0) is 64.3 Å². The van der Waals surface area contributed by atoms with Crippen molar-refractivity contribution < 1.29 is 19.0 Å². The molecule has 5 rings (SSSR count). The van der Waals surface area contributed by atoms with Gasteiger partial charge in [0.1, 0.15) is 5.82 Å². The van der Waals surface area contributed by atoms with Crippen LogP contribution in [0.25, 0.3) is 16.8 Å². The van der Waals surface area contributed by atoms with Crippen molar-refractivity contribution in [3.63, 3.8) is 0 Å². The smallest absolute Gasteiger partial charge is 0.168 e. The quantitative estimate of drug-likeness (QED) is 0.303. The fourth-order valence-electron chi connectivity index (χ4n) is 5.72. The Balaban J connectivity index is 1.52. The Hall–Kier alpha value is -3.54. The largest absolute Gasteiger partial charge is 0.493 e. The minimum absolute atomic E-state index is 0.193. The Morgan fingerprint density at radius 1 is 1.18 bits per heavy atom. The van der Waals surface area contributed by atoms with Crippen molar-refractivity contribution in [1.82, 2.24) is 29.3 Å². The van der Waals surface area contributed by atoms with Crippen LogP contribution in [0.2, 0.25) is 0 Å². The van der Waals surface area contributed by atoms with Crippen molar-refractivity contribution in [2.24, 2.45) is 5.73 Å². The van der Waals surface area contributed by atoms with Crippen molar-refractivity contribution >= 4 is 5.52 Å². The number of aliphatic hydroxyl groups excluding tert-OH is 1. The molecule has 4 atom stereocenters. The van der Waals surface area contributed by atoms with E-state index < -0.39 is 11.9 Å². The average molecular weight is 552 g/mol. The number of aromatic nitrogens is 5. The highest BCUT2D eigenvalue weighted by molar-refractivity contribution is 5.75. The van der Waals surface area contributed by atoms with Gasteiger partial charge in [-0.3, -0.25) is 14.6 Å². The number of rotatable bonds is 10. The van der Waals surface area contributed by atoms with E-state index in [4.69, 9.17) is 20.3 Å². The van der Waals surface area contributed by atoms with E-state index in [1.807, 2.05) is 12.3 Å². The van der Waals surface area contributed by atoms with Gasteiger partial charge in [-0.2, -0.15) is 10.2 Å². The summed E-state index contributed by atoms with van der Waals surface area (Å²) < 4.78 is 29.1. The summed E-state index contributed by atoms with van der Waals surface area (Å²) in [5, 5.41) is 19.6. The molecule has 0 saturated heterocycles. The van der Waals surface area contributed by atoms with Crippen LogP contribution < -0.4 is 15.2 Å². The third kappa shape index (κ3) is 5.28. The average Bonchev–Trinajstić information content (AvgIpc) is 3.52. The topological polar surface area (TPSA) is 116 Å². The molecule has 3 N–H and O–H groups in total. The normalized spacial score (nSPS) is 17.9. The fourth-order valence-corrected chi connectivity index (χ4v) is 5.72. The Kier molecular flexibility index (Phi) is 8.07. The van der Waals surface area contributed by atoms with Gasteiger partial charge in [0, 0.05) is 36.4 Å². The number of halogens is 1. The van der Waals surface area contributed by atoms with Crippen LogP contribution in [-0.4, -0.2) is 66.7 Å². The van der Waals surface area contributed by atoms with Crippen molar-refractivity contribution in [3.8, 4) is 22.8 Å². The minimum atomic E-state index is -0.818. The van der Waals surface area contributed by atoms with Crippen LogP contribution in [0, 0.1) is 12.7 Å². The molecule has 0 spiro atoms. The van der Waals surface area contributed by atoms with Gasteiger partial charge in [-0.15, -0.1) is 0 Å². The highest BCUT2D eigenvalue weighted by Gasteiger charge is 2.32. The van der Waals surface area contributed by atoms with E-state index >= 15 is 0 Å². The lowest BCUT2D eigenvalue weighted by molar-refractivity contribution is 0.108. The Bertz CT molecular complexity index is 1470. The SMILES string of the molecule is COc1cnn2cc(-c3nn4c(c3C)C(C)N(C(C)CCC(C)N)CC4)cc(OC(CO)c3ccc(F)cn3)c12. The maximum Gasteiger partial charge on any atom is 0.168 e. The van der Waals surface area contributed by atoms with Crippen LogP contribution in [0.1, 0.15) is 62.7 Å². The summed E-state index contributed by atoms with van der Waals surface area (Å²) in [6.07, 6.45) is 5.85. The Morgan fingerprint density at radius 2 is 1.98 bits per heavy atom. The molecule has 10 nitrogen and oxygen atoms in total. The molecule has 214 valence electrons. The maximum atomic E-state index is 13.5. The highest BCUT2D eigenvalue weighted by atomic mass is 19.1. The standard InChI is InChI=1S/C29H38FN7O3/c1-17(31)6-7-18(2)35-10-11-36-28(20(35)4)19(3)27(34-36)21-12-24(29-25(39-5)14-33-37(29)15-21)40-26(16-38)23-9-8-22(30)13-32-23/h8-9,12-15,17-18,20,26,38H,6-7,10-11,16,31H2,1-5H3. The van der Waals surface area contributed by atoms with E-state index in [2.05, 4.69) is 47.4 Å². The lowest BCUT2D eigenvalue weighted by atomic mass is 9.99. The maximum absolute atomic E-state index is 13.5. The first-order chi connectivity index (χ1) is 19.2. The molecule has 1 aliphatic heterocycles. The molecule has 4 aromatic heterocycles. The molecule has 0 fully saturated rings. The number of aliphatic hydroxyl groups is 1. The molecular weight excluding hydrogens is 513 g/mol. The van der Waals surface area contributed by atoms with Crippen LogP contribution in [0.4, 0.5) is 4.39 Å². The number of hydrogen-bond donors (Lipinski definition) is 2. The van der Waals surface area contributed by atoms with E-state index in [1.54, 1.807) is 17.8 Å². The number of nitrogens with zero attached hydrogens (tertiary/aromatic N) is 6. The van der Waals surface area contributed by atoms with Crippen molar-refractivity contribution in [1.29, 1.82) is 0 Å². The lowest BCUT2D eigenvalue weighted by Crippen LogP contribution is -2.43. The first-order valence-electron chi connectivity index (χ1n) is 13.7. The van der Waals surface area contributed by atoms with Gasteiger partial charge in [-0.1, -0.05) is 0 Å². The zero-order valence-electron chi connectivity index (χ0n) is 23.7. The van der Waals surface area contributed by atoms with Crippen LogP contribution >= 0.6 is 0 Å². The molecule has 0 radical (unpaired) electrons. The van der Waals surface area contributed by atoms with Gasteiger partial charge in [0.25, 0.3) is 0 Å². The summed E-state index contributed by atoms with van der Waals surface area (Å²) in [6, 6.07) is 5.49. The molecule has 0 aliphatic carbocycles. The third-order valence-electron chi connectivity index (χ3n) is 7.86. The zero-order chi connectivity index (χ0) is 28.6. The second-order valence-corrected chi connectivity index (χ2v) is 10.7. The summed E-state index contributed by atoms with van der Waals surface area (Å²) in [4.78, 5) is 6.64. The van der Waals surface area contributed by atoms with Crippen LogP contribution in [-0.2, 0) is 6.54 Å². The molecule has 0 saturated carbocycles. The van der Waals surface area contributed by atoms with Crippen LogP contribution in [0.5, 0.6) is 11.5 Å². The number of hydrogen-bond acceptors (Lipinski definition) is 8. The van der Waals surface area contributed by atoms with Gasteiger partial charge in [0.05, 0.1) is 49.7 Å². The van der Waals surface area contributed by atoms with E-state index in [-0.39, 0.29) is 18.7 Å². The highest BCUT2D eigenvalue weighted by Crippen LogP contribution is 2.39. The van der Waals surface area contributed by atoms with Gasteiger partial charge in [0.2, 0.25) is 0 Å². The lowest BCUT2D eigenvalue weighted by Gasteiger charge is -2.39. The molecule has 40 heavy (non-hydrogen) atoms. The first-order valence-corrected chi connectivity index (χ1v) is 13.7. The minimum Gasteiger partial charge on any atom is -0.493 e. The zero-order valence-corrected chi connectivity index (χ0v) is 23.7. The summed E-state index contributed by atoms with van der Waals surface area (Å²) >= 11 is 0. The molecule has 0 amide bonds.